The summed E-state index contributed by atoms with van der Waals surface area (Å²) < 4.78 is 25.7. The zero-order valence-electron chi connectivity index (χ0n) is 9.45. The van der Waals surface area contributed by atoms with Crippen LogP contribution in [-0.2, 0) is 0 Å². The number of pyridine rings is 1. The topological polar surface area (TPSA) is 68.0 Å². The van der Waals surface area contributed by atoms with E-state index < -0.39 is 17.5 Å². The molecule has 98 valence electrons. The standard InChI is InChI=1S/C12H8ClF2N3O/c13-8-3-6(5-17-11(8)16)12(19)18-7-1-2-9(14)10(15)4-7/h1-5H,(H2,16,17)(H,18,19). The van der Waals surface area contributed by atoms with E-state index in [1.807, 2.05) is 0 Å². The lowest BCUT2D eigenvalue weighted by molar-refractivity contribution is 0.102. The van der Waals surface area contributed by atoms with E-state index in [0.717, 1.165) is 12.1 Å². The van der Waals surface area contributed by atoms with Gasteiger partial charge in [-0.25, -0.2) is 13.8 Å². The van der Waals surface area contributed by atoms with Gasteiger partial charge in [-0.2, -0.15) is 0 Å². The molecule has 0 saturated heterocycles. The zero-order chi connectivity index (χ0) is 14.0. The predicted molar refractivity (Wildman–Crippen MR) is 68.0 cm³/mol. The number of hydrogen-bond acceptors (Lipinski definition) is 3. The summed E-state index contributed by atoms with van der Waals surface area (Å²) in [7, 11) is 0. The molecule has 3 N–H and O–H groups in total. The van der Waals surface area contributed by atoms with Crippen LogP contribution >= 0.6 is 11.6 Å². The van der Waals surface area contributed by atoms with Crippen LogP contribution in [0.25, 0.3) is 0 Å². The molecule has 0 saturated carbocycles. The van der Waals surface area contributed by atoms with Crippen LogP contribution in [0.5, 0.6) is 0 Å². The monoisotopic (exact) mass is 283 g/mol. The van der Waals surface area contributed by atoms with Crippen LogP contribution in [0.4, 0.5) is 20.3 Å². The van der Waals surface area contributed by atoms with E-state index in [2.05, 4.69) is 10.3 Å². The summed E-state index contributed by atoms with van der Waals surface area (Å²) in [5.41, 5.74) is 5.69. The molecular weight excluding hydrogens is 276 g/mol. The number of nitrogens with one attached hydrogen (secondary N) is 1. The van der Waals surface area contributed by atoms with Crippen LogP contribution in [-0.4, -0.2) is 10.9 Å². The lowest BCUT2D eigenvalue weighted by Gasteiger charge is -2.06. The summed E-state index contributed by atoms with van der Waals surface area (Å²) in [5.74, 6) is -2.49. The molecule has 7 heteroatoms. The van der Waals surface area contributed by atoms with Crippen molar-refractivity contribution in [3.8, 4) is 0 Å². The second-order valence-corrected chi connectivity index (χ2v) is 4.08. The molecule has 2 rings (SSSR count). The number of hydrogen-bond donors (Lipinski definition) is 2. The molecule has 0 radical (unpaired) electrons. The quantitative estimate of drug-likeness (QED) is 0.890. The van der Waals surface area contributed by atoms with Crippen molar-refractivity contribution < 1.29 is 13.6 Å². The minimum atomic E-state index is -1.05. The second-order valence-electron chi connectivity index (χ2n) is 3.67. The van der Waals surface area contributed by atoms with Gasteiger partial charge in [0.1, 0.15) is 5.82 Å². The van der Waals surface area contributed by atoms with E-state index in [1.54, 1.807) is 0 Å². The van der Waals surface area contributed by atoms with Crippen LogP contribution in [0.2, 0.25) is 5.02 Å². The van der Waals surface area contributed by atoms with E-state index in [9.17, 15) is 13.6 Å². The number of rotatable bonds is 2. The molecule has 0 aliphatic carbocycles. The van der Waals surface area contributed by atoms with Crippen LogP contribution < -0.4 is 11.1 Å². The van der Waals surface area contributed by atoms with Gasteiger partial charge in [-0.3, -0.25) is 4.79 Å². The first-order valence-corrected chi connectivity index (χ1v) is 5.52. The summed E-state index contributed by atoms with van der Waals surface area (Å²) in [4.78, 5) is 15.5. The summed E-state index contributed by atoms with van der Waals surface area (Å²) in [5, 5.41) is 2.52. The Morgan fingerprint density at radius 3 is 2.63 bits per heavy atom. The van der Waals surface area contributed by atoms with Gasteiger partial charge in [0, 0.05) is 18.0 Å². The number of aromatic nitrogens is 1. The van der Waals surface area contributed by atoms with Crippen molar-refractivity contribution in [1.29, 1.82) is 0 Å². The number of nitrogen functional groups attached to an aromatic ring is 1. The van der Waals surface area contributed by atoms with Crippen LogP contribution in [0.3, 0.4) is 0 Å². The Labute approximate surface area is 112 Å². The molecule has 0 bridgehead atoms. The molecule has 0 aliphatic rings. The summed E-state index contributed by atoms with van der Waals surface area (Å²) in [6, 6.07) is 4.36. The average molecular weight is 284 g/mol. The van der Waals surface area contributed by atoms with E-state index in [4.69, 9.17) is 17.3 Å². The molecule has 19 heavy (non-hydrogen) atoms. The molecule has 0 spiro atoms. The van der Waals surface area contributed by atoms with Gasteiger partial charge in [-0.05, 0) is 18.2 Å². The molecule has 4 nitrogen and oxygen atoms in total. The number of nitrogens with two attached hydrogens (primary N) is 1. The van der Waals surface area contributed by atoms with Crippen molar-refractivity contribution in [1.82, 2.24) is 4.98 Å². The van der Waals surface area contributed by atoms with Gasteiger partial charge in [-0.15, -0.1) is 0 Å². The highest BCUT2D eigenvalue weighted by molar-refractivity contribution is 6.33. The molecule has 1 amide bonds. The van der Waals surface area contributed by atoms with Crippen molar-refractivity contribution in [3.05, 3.63) is 52.7 Å². The van der Waals surface area contributed by atoms with E-state index >= 15 is 0 Å². The Kier molecular flexibility index (Phi) is 3.62. The van der Waals surface area contributed by atoms with Crippen LogP contribution in [0.1, 0.15) is 10.4 Å². The highest BCUT2D eigenvalue weighted by Crippen LogP contribution is 2.18. The van der Waals surface area contributed by atoms with E-state index in [0.29, 0.717) is 0 Å². The second kappa shape index (κ2) is 5.19. The minimum absolute atomic E-state index is 0.103. The molecule has 0 aliphatic heterocycles. The van der Waals surface area contributed by atoms with Crippen LogP contribution in [0, 0.1) is 11.6 Å². The number of halogens is 3. The Morgan fingerprint density at radius 1 is 1.26 bits per heavy atom. The number of carbonyl (C=O) groups is 1. The molecule has 0 atom stereocenters. The normalized spacial score (nSPS) is 10.3. The molecule has 0 fully saturated rings. The lowest BCUT2D eigenvalue weighted by Crippen LogP contribution is -2.13. The largest absolute Gasteiger partial charge is 0.382 e. The highest BCUT2D eigenvalue weighted by atomic mass is 35.5. The van der Waals surface area contributed by atoms with Crippen LogP contribution in [0.15, 0.2) is 30.5 Å². The SMILES string of the molecule is Nc1ncc(C(=O)Nc2ccc(F)c(F)c2)cc1Cl. The maximum Gasteiger partial charge on any atom is 0.257 e. The Bertz CT molecular complexity index is 649. The fourth-order valence-electron chi connectivity index (χ4n) is 1.35. The fourth-order valence-corrected chi connectivity index (χ4v) is 1.52. The third-order valence-corrected chi connectivity index (χ3v) is 2.61. The fraction of sp³-hybridized carbons (Fsp3) is 0. The Balaban J connectivity index is 2.20. The number of carbonyl (C=O) groups excluding carboxylic acids is 1. The molecule has 2 aromatic rings. The summed E-state index contributed by atoms with van der Waals surface area (Å²) in [6.07, 6.45) is 1.23. The van der Waals surface area contributed by atoms with Gasteiger partial charge >= 0.3 is 0 Å². The lowest BCUT2D eigenvalue weighted by atomic mass is 10.2. The first-order valence-electron chi connectivity index (χ1n) is 5.15. The number of amides is 1. The Hall–Kier alpha value is -2.21. The molecular formula is C12H8ClF2N3O. The third kappa shape index (κ3) is 2.97. The average Bonchev–Trinajstić information content (AvgIpc) is 2.37. The first-order chi connectivity index (χ1) is 8.97. The molecule has 1 aromatic heterocycles. The zero-order valence-corrected chi connectivity index (χ0v) is 10.2. The number of anilines is 2. The molecule has 1 heterocycles. The summed E-state index contributed by atoms with van der Waals surface area (Å²) in [6.45, 7) is 0. The van der Waals surface area contributed by atoms with Gasteiger partial charge in [0.05, 0.1) is 10.6 Å². The number of benzene rings is 1. The van der Waals surface area contributed by atoms with Gasteiger partial charge in [-0.1, -0.05) is 11.6 Å². The van der Waals surface area contributed by atoms with Crippen molar-refractivity contribution in [2.45, 2.75) is 0 Å². The van der Waals surface area contributed by atoms with E-state index in [1.165, 1.54) is 18.3 Å². The van der Waals surface area contributed by atoms with Crippen molar-refractivity contribution >= 4 is 29.0 Å². The van der Waals surface area contributed by atoms with Crippen molar-refractivity contribution in [2.75, 3.05) is 11.1 Å². The minimum Gasteiger partial charge on any atom is -0.382 e. The maximum atomic E-state index is 13.0. The number of nitrogens with zero attached hydrogens (tertiary/aromatic N) is 1. The van der Waals surface area contributed by atoms with Crippen molar-refractivity contribution in [2.24, 2.45) is 0 Å². The van der Waals surface area contributed by atoms with Crippen molar-refractivity contribution in [3.63, 3.8) is 0 Å². The Morgan fingerprint density at radius 2 is 2.00 bits per heavy atom. The third-order valence-electron chi connectivity index (χ3n) is 2.31. The van der Waals surface area contributed by atoms with E-state index in [-0.39, 0.29) is 22.1 Å². The molecule has 0 unspecified atom stereocenters. The maximum absolute atomic E-state index is 13.0. The van der Waals surface area contributed by atoms with Gasteiger partial charge < -0.3 is 11.1 Å². The first kappa shape index (κ1) is 13.2. The smallest absolute Gasteiger partial charge is 0.257 e. The van der Waals surface area contributed by atoms with Gasteiger partial charge in [0.2, 0.25) is 0 Å². The summed E-state index contributed by atoms with van der Waals surface area (Å²) >= 11 is 5.73. The van der Waals surface area contributed by atoms with Gasteiger partial charge in [0.15, 0.2) is 11.6 Å². The molecule has 1 aromatic carbocycles. The highest BCUT2D eigenvalue weighted by Gasteiger charge is 2.10. The predicted octanol–water partition coefficient (Wildman–Crippen LogP) is 2.85. The van der Waals surface area contributed by atoms with Gasteiger partial charge in [0.25, 0.3) is 5.91 Å².